The quantitative estimate of drug-likeness (QED) is 0.811. The summed E-state index contributed by atoms with van der Waals surface area (Å²) < 4.78 is 11.2. The molecular weight excluding hydrogens is 270 g/mol. The van der Waals surface area contributed by atoms with Gasteiger partial charge in [-0.05, 0) is 30.7 Å². The van der Waals surface area contributed by atoms with Gasteiger partial charge in [-0.2, -0.15) is 0 Å². The van der Waals surface area contributed by atoms with E-state index in [0.717, 1.165) is 43.6 Å². The average molecular weight is 291 g/mol. The first-order valence-corrected chi connectivity index (χ1v) is 7.11. The molecule has 21 heavy (non-hydrogen) atoms. The zero-order valence-electron chi connectivity index (χ0n) is 12.2. The van der Waals surface area contributed by atoms with Gasteiger partial charge in [-0.15, -0.1) is 0 Å². The maximum absolute atomic E-state index is 10.4. The summed E-state index contributed by atoms with van der Waals surface area (Å²) in [7, 11) is 0. The van der Waals surface area contributed by atoms with Crippen molar-refractivity contribution in [3.05, 3.63) is 35.9 Å². The zero-order chi connectivity index (χ0) is 15.1. The van der Waals surface area contributed by atoms with E-state index in [1.54, 1.807) is 6.08 Å². The average Bonchev–Trinajstić information content (AvgIpc) is 2.46. The predicted molar refractivity (Wildman–Crippen MR) is 80.5 cm³/mol. The number of ether oxygens (including phenoxy) is 2. The van der Waals surface area contributed by atoms with Crippen molar-refractivity contribution in [1.29, 1.82) is 0 Å². The second-order valence-electron chi connectivity index (χ2n) is 5.07. The van der Waals surface area contributed by atoms with Gasteiger partial charge in [-0.25, -0.2) is 4.79 Å². The van der Waals surface area contributed by atoms with Gasteiger partial charge in [0, 0.05) is 25.7 Å². The summed E-state index contributed by atoms with van der Waals surface area (Å²) in [5.41, 5.74) is 0.840. The highest BCUT2D eigenvalue weighted by Crippen LogP contribution is 2.13. The molecule has 0 saturated carbocycles. The standard InChI is InChI=1S/C16H21NO4/c1-13-12-17(8-10-20-13)9-11-21-15-5-2-14(3-6-15)4-7-16(18)19/h2-7,13H,8-12H2,1H3,(H,18,19). The number of aliphatic carboxylic acids is 1. The molecule has 1 fully saturated rings. The molecule has 0 spiro atoms. The Morgan fingerprint density at radius 1 is 1.48 bits per heavy atom. The van der Waals surface area contributed by atoms with Crippen LogP contribution in [0, 0.1) is 0 Å². The van der Waals surface area contributed by atoms with Gasteiger partial charge in [0.1, 0.15) is 12.4 Å². The van der Waals surface area contributed by atoms with Crippen LogP contribution >= 0.6 is 0 Å². The van der Waals surface area contributed by atoms with Crippen LogP contribution in [-0.2, 0) is 9.53 Å². The number of nitrogens with zero attached hydrogens (tertiary/aromatic N) is 1. The van der Waals surface area contributed by atoms with Gasteiger partial charge in [0.2, 0.25) is 0 Å². The predicted octanol–water partition coefficient (Wildman–Crippen LogP) is 1.88. The third-order valence-corrected chi connectivity index (χ3v) is 3.30. The molecule has 1 atom stereocenters. The van der Waals surface area contributed by atoms with Gasteiger partial charge >= 0.3 is 5.97 Å². The third-order valence-electron chi connectivity index (χ3n) is 3.30. The van der Waals surface area contributed by atoms with Crippen LogP contribution in [0.4, 0.5) is 0 Å². The monoisotopic (exact) mass is 291 g/mol. The molecule has 0 aliphatic carbocycles. The molecule has 1 saturated heterocycles. The molecule has 0 radical (unpaired) electrons. The van der Waals surface area contributed by atoms with Crippen LogP contribution in [-0.4, -0.2) is 54.9 Å². The fraction of sp³-hybridized carbons (Fsp3) is 0.438. The molecule has 1 N–H and O–H groups in total. The molecule has 1 aliphatic heterocycles. The Labute approximate surface area is 124 Å². The van der Waals surface area contributed by atoms with Gasteiger partial charge in [-0.1, -0.05) is 12.1 Å². The second kappa shape index (κ2) is 7.81. The largest absolute Gasteiger partial charge is 0.492 e. The first-order chi connectivity index (χ1) is 10.1. The number of hydrogen-bond acceptors (Lipinski definition) is 4. The van der Waals surface area contributed by atoms with E-state index in [2.05, 4.69) is 11.8 Å². The lowest BCUT2D eigenvalue weighted by atomic mass is 10.2. The SMILES string of the molecule is CC1CN(CCOc2ccc(C=CC(=O)O)cc2)CCO1. The molecule has 5 nitrogen and oxygen atoms in total. The van der Waals surface area contributed by atoms with Gasteiger partial charge in [0.15, 0.2) is 0 Å². The lowest BCUT2D eigenvalue weighted by Gasteiger charge is -2.30. The molecule has 0 bridgehead atoms. The van der Waals surface area contributed by atoms with Crippen LogP contribution in [0.1, 0.15) is 12.5 Å². The molecule has 1 unspecified atom stereocenters. The molecule has 114 valence electrons. The van der Waals surface area contributed by atoms with Crippen molar-refractivity contribution in [2.45, 2.75) is 13.0 Å². The fourth-order valence-corrected chi connectivity index (χ4v) is 2.23. The van der Waals surface area contributed by atoms with Crippen molar-refractivity contribution in [2.75, 3.05) is 32.8 Å². The Bertz CT molecular complexity index is 484. The molecule has 2 rings (SSSR count). The van der Waals surface area contributed by atoms with E-state index < -0.39 is 5.97 Å². The first-order valence-electron chi connectivity index (χ1n) is 7.11. The summed E-state index contributed by atoms with van der Waals surface area (Å²) in [6.07, 6.45) is 2.97. The minimum Gasteiger partial charge on any atom is -0.492 e. The van der Waals surface area contributed by atoms with E-state index in [1.165, 1.54) is 0 Å². The summed E-state index contributed by atoms with van der Waals surface area (Å²) >= 11 is 0. The number of hydrogen-bond donors (Lipinski definition) is 1. The van der Waals surface area contributed by atoms with Crippen molar-refractivity contribution in [3.63, 3.8) is 0 Å². The third kappa shape index (κ3) is 5.57. The van der Waals surface area contributed by atoms with Crippen molar-refractivity contribution >= 4 is 12.0 Å². The summed E-state index contributed by atoms with van der Waals surface area (Å²) in [5, 5.41) is 8.56. The highest BCUT2D eigenvalue weighted by atomic mass is 16.5. The Balaban J connectivity index is 1.74. The molecule has 0 amide bonds. The number of carbonyl (C=O) groups is 1. The van der Waals surface area contributed by atoms with Crippen LogP contribution in [0.2, 0.25) is 0 Å². The molecule has 5 heteroatoms. The van der Waals surface area contributed by atoms with E-state index in [4.69, 9.17) is 14.6 Å². The lowest BCUT2D eigenvalue weighted by molar-refractivity contribution is -0.131. The van der Waals surface area contributed by atoms with Crippen LogP contribution in [0.3, 0.4) is 0 Å². The molecular formula is C16H21NO4. The maximum Gasteiger partial charge on any atom is 0.328 e. The number of rotatable bonds is 6. The number of carboxylic acid groups (broad SMARTS) is 1. The van der Waals surface area contributed by atoms with Crippen molar-refractivity contribution < 1.29 is 19.4 Å². The smallest absolute Gasteiger partial charge is 0.328 e. The Morgan fingerprint density at radius 3 is 2.90 bits per heavy atom. The summed E-state index contributed by atoms with van der Waals surface area (Å²) in [4.78, 5) is 12.8. The van der Waals surface area contributed by atoms with Gasteiger partial charge < -0.3 is 14.6 Å². The maximum atomic E-state index is 10.4. The van der Waals surface area contributed by atoms with E-state index in [1.807, 2.05) is 24.3 Å². The highest BCUT2D eigenvalue weighted by Gasteiger charge is 2.15. The number of carboxylic acids is 1. The Hall–Kier alpha value is -1.85. The van der Waals surface area contributed by atoms with E-state index in [-0.39, 0.29) is 0 Å². The van der Waals surface area contributed by atoms with Crippen LogP contribution in [0.5, 0.6) is 5.75 Å². The fourth-order valence-electron chi connectivity index (χ4n) is 2.23. The number of benzene rings is 1. The minimum atomic E-state index is -0.949. The number of morpholine rings is 1. The first kappa shape index (κ1) is 15.5. The summed E-state index contributed by atoms with van der Waals surface area (Å²) in [6.45, 7) is 6.28. The topological polar surface area (TPSA) is 59.0 Å². The van der Waals surface area contributed by atoms with Crippen molar-refractivity contribution in [3.8, 4) is 5.75 Å². The second-order valence-corrected chi connectivity index (χ2v) is 5.07. The van der Waals surface area contributed by atoms with Gasteiger partial charge in [0.25, 0.3) is 0 Å². The summed E-state index contributed by atoms with van der Waals surface area (Å²) in [6, 6.07) is 7.38. The summed E-state index contributed by atoms with van der Waals surface area (Å²) in [5.74, 6) is -0.154. The van der Waals surface area contributed by atoms with Crippen LogP contribution < -0.4 is 4.74 Å². The minimum absolute atomic E-state index is 0.291. The molecule has 1 aromatic carbocycles. The van der Waals surface area contributed by atoms with Gasteiger partial charge in [0.05, 0.1) is 12.7 Å². The molecule has 1 heterocycles. The van der Waals surface area contributed by atoms with E-state index in [9.17, 15) is 4.79 Å². The molecule has 0 aromatic heterocycles. The van der Waals surface area contributed by atoms with Crippen LogP contribution in [0.15, 0.2) is 30.3 Å². The van der Waals surface area contributed by atoms with E-state index >= 15 is 0 Å². The zero-order valence-corrected chi connectivity index (χ0v) is 12.2. The molecule has 1 aliphatic rings. The van der Waals surface area contributed by atoms with E-state index in [0.29, 0.717) is 12.7 Å². The highest BCUT2D eigenvalue weighted by molar-refractivity contribution is 5.85. The normalized spacial score (nSPS) is 19.8. The van der Waals surface area contributed by atoms with Gasteiger partial charge in [-0.3, -0.25) is 4.90 Å². The Kier molecular flexibility index (Phi) is 5.78. The molecule has 1 aromatic rings. The van der Waals surface area contributed by atoms with Crippen molar-refractivity contribution in [2.24, 2.45) is 0 Å². The lowest BCUT2D eigenvalue weighted by Crippen LogP contribution is -2.42. The van der Waals surface area contributed by atoms with Crippen molar-refractivity contribution in [1.82, 2.24) is 4.90 Å². The Morgan fingerprint density at radius 2 is 2.24 bits per heavy atom. The van der Waals surface area contributed by atoms with Crippen LogP contribution in [0.25, 0.3) is 6.08 Å².